The molecule has 0 bridgehead atoms. The first kappa shape index (κ1) is 14.6. The number of anilines is 1. The fourth-order valence-electron chi connectivity index (χ4n) is 2.69. The van der Waals surface area contributed by atoms with Gasteiger partial charge in [-0.25, -0.2) is 0 Å². The number of aryl methyl sites for hydroxylation is 1. The second kappa shape index (κ2) is 6.20. The van der Waals surface area contributed by atoms with Gasteiger partial charge < -0.3 is 15.2 Å². The molecule has 0 radical (unpaired) electrons. The Labute approximate surface area is 129 Å². The largest absolute Gasteiger partial charge is 0.491 e. The minimum Gasteiger partial charge on any atom is -0.491 e. The minimum atomic E-state index is -0.779. The van der Waals surface area contributed by atoms with Gasteiger partial charge in [-0.1, -0.05) is 37.3 Å². The molecular weight excluding hydrogens is 278 g/mol. The van der Waals surface area contributed by atoms with Crippen molar-refractivity contribution in [1.82, 2.24) is 0 Å². The van der Waals surface area contributed by atoms with Crippen LogP contribution in [0.25, 0.3) is 0 Å². The minimum absolute atomic E-state index is 0.0271. The van der Waals surface area contributed by atoms with Crippen LogP contribution in [0.3, 0.4) is 0 Å². The molecule has 0 saturated heterocycles. The molecule has 2 aromatic rings. The maximum Gasteiger partial charge on any atom is 0.228 e. The second-order valence-corrected chi connectivity index (χ2v) is 5.44. The van der Waals surface area contributed by atoms with Crippen molar-refractivity contribution in [1.29, 1.82) is 0 Å². The summed E-state index contributed by atoms with van der Waals surface area (Å²) in [6.45, 7) is 2.21. The van der Waals surface area contributed by atoms with E-state index in [1.165, 1.54) is 0 Å². The van der Waals surface area contributed by atoms with E-state index in [0.717, 1.165) is 28.8 Å². The highest BCUT2D eigenvalue weighted by Gasteiger charge is 2.25. The lowest BCUT2D eigenvalue weighted by Crippen LogP contribution is -2.13. The highest BCUT2D eigenvalue weighted by Crippen LogP contribution is 2.33. The SMILES string of the molecule is CCc1cc2c(c(C(O)COc3ccccc3)c1)NC(=O)C2. The Kier molecular flexibility index (Phi) is 4.11. The summed E-state index contributed by atoms with van der Waals surface area (Å²) in [7, 11) is 0. The lowest BCUT2D eigenvalue weighted by Gasteiger charge is -2.17. The summed E-state index contributed by atoms with van der Waals surface area (Å²) >= 11 is 0. The van der Waals surface area contributed by atoms with Crippen LogP contribution in [-0.2, 0) is 17.6 Å². The molecule has 2 aromatic carbocycles. The zero-order valence-corrected chi connectivity index (χ0v) is 12.5. The van der Waals surface area contributed by atoms with E-state index in [1.54, 1.807) is 0 Å². The van der Waals surface area contributed by atoms with E-state index in [1.807, 2.05) is 42.5 Å². The quantitative estimate of drug-likeness (QED) is 0.892. The molecule has 2 N–H and O–H groups in total. The zero-order valence-electron chi connectivity index (χ0n) is 12.5. The van der Waals surface area contributed by atoms with Crippen molar-refractivity contribution >= 4 is 11.6 Å². The molecule has 114 valence electrons. The summed E-state index contributed by atoms with van der Waals surface area (Å²) < 4.78 is 5.62. The van der Waals surface area contributed by atoms with E-state index in [2.05, 4.69) is 12.2 Å². The van der Waals surface area contributed by atoms with Crippen molar-refractivity contribution in [2.75, 3.05) is 11.9 Å². The average molecular weight is 297 g/mol. The summed E-state index contributed by atoms with van der Waals surface area (Å²) in [5.74, 6) is 0.689. The highest BCUT2D eigenvalue weighted by molar-refractivity contribution is 6.00. The molecule has 22 heavy (non-hydrogen) atoms. The van der Waals surface area contributed by atoms with Crippen molar-refractivity contribution in [2.45, 2.75) is 25.9 Å². The normalized spacial score (nSPS) is 14.4. The first-order valence-electron chi connectivity index (χ1n) is 7.49. The van der Waals surface area contributed by atoms with Gasteiger partial charge in [0.05, 0.1) is 12.1 Å². The van der Waals surface area contributed by atoms with E-state index in [4.69, 9.17) is 4.74 Å². The molecule has 1 unspecified atom stereocenters. The lowest BCUT2D eigenvalue weighted by molar-refractivity contribution is -0.115. The molecule has 0 aliphatic carbocycles. The maximum atomic E-state index is 11.6. The number of aliphatic hydroxyl groups excluding tert-OH is 1. The summed E-state index contributed by atoms with van der Waals surface area (Å²) in [6, 6.07) is 13.4. The summed E-state index contributed by atoms with van der Waals surface area (Å²) in [6.07, 6.45) is 0.460. The van der Waals surface area contributed by atoms with Gasteiger partial charge in [-0.15, -0.1) is 0 Å². The number of rotatable bonds is 5. The molecule has 0 saturated carbocycles. The van der Waals surface area contributed by atoms with Crippen LogP contribution in [0.5, 0.6) is 5.75 Å². The zero-order chi connectivity index (χ0) is 15.5. The van der Waals surface area contributed by atoms with Gasteiger partial charge in [0, 0.05) is 5.56 Å². The third-order valence-corrected chi connectivity index (χ3v) is 3.84. The number of fused-ring (bicyclic) bond motifs is 1. The van der Waals surface area contributed by atoms with Crippen molar-refractivity contribution < 1.29 is 14.6 Å². The molecule has 1 aliphatic heterocycles. The van der Waals surface area contributed by atoms with Gasteiger partial charge in [-0.05, 0) is 29.7 Å². The standard InChI is InChI=1S/C18H19NO3/c1-2-12-8-13-10-17(21)19-18(13)15(9-12)16(20)11-22-14-6-4-3-5-7-14/h3-9,16,20H,2,10-11H2,1H3,(H,19,21). The van der Waals surface area contributed by atoms with Gasteiger partial charge in [0.1, 0.15) is 18.5 Å². The number of carbonyl (C=O) groups excluding carboxylic acids is 1. The maximum absolute atomic E-state index is 11.6. The van der Waals surface area contributed by atoms with Crippen LogP contribution in [0.4, 0.5) is 5.69 Å². The van der Waals surface area contributed by atoms with Gasteiger partial charge in [0.2, 0.25) is 5.91 Å². The third kappa shape index (κ3) is 2.97. The first-order chi connectivity index (χ1) is 10.7. The number of hydrogen-bond acceptors (Lipinski definition) is 3. The first-order valence-corrected chi connectivity index (χ1v) is 7.49. The predicted molar refractivity (Wildman–Crippen MR) is 85.1 cm³/mol. The molecule has 1 heterocycles. The van der Waals surface area contributed by atoms with Crippen LogP contribution < -0.4 is 10.1 Å². The van der Waals surface area contributed by atoms with Gasteiger partial charge in [-0.2, -0.15) is 0 Å². The molecule has 1 aliphatic rings. The molecule has 0 spiro atoms. The van der Waals surface area contributed by atoms with Crippen LogP contribution in [0, 0.1) is 0 Å². The van der Waals surface area contributed by atoms with Crippen LogP contribution >= 0.6 is 0 Å². The number of amides is 1. The predicted octanol–water partition coefficient (Wildman–Crippen LogP) is 2.86. The Morgan fingerprint density at radius 3 is 2.77 bits per heavy atom. The second-order valence-electron chi connectivity index (χ2n) is 5.44. The average Bonchev–Trinajstić information content (AvgIpc) is 2.92. The lowest BCUT2D eigenvalue weighted by atomic mass is 9.98. The number of nitrogens with one attached hydrogen (secondary N) is 1. The third-order valence-electron chi connectivity index (χ3n) is 3.84. The number of ether oxygens (including phenoxy) is 1. The summed E-state index contributed by atoms with van der Waals surface area (Å²) in [5, 5.41) is 13.3. The Hall–Kier alpha value is -2.33. The Balaban J connectivity index is 1.81. The van der Waals surface area contributed by atoms with E-state index in [9.17, 15) is 9.90 Å². The van der Waals surface area contributed by atoms with E-state index >= 15 is 0 Å². The van der Waals surface area contributed by atoms with Crippen molar-refractivity contribution in [3.05, 3.63) is 59.2 Å². The van der Waals surface area contributed by atoms with Gasteiger partial charge in [-0.3, -0.25) is 4.79 Å². The van der Waals surface area contributed by atoms with Gasteiger partial charge >= 0.3 is 0 Å². The fraction of sp³-hybridized carbons (Fsp3) is 0.278. The number of benzene rings is 2. The topological polar surface area (TPSA) is 58.6 Å². The molecular formula is C18H19NO3. The van der Waals surface area contributed by atoms with Crippen molar-refractivity contribution in [2.24, 2.45) is 0 Å². The molecule has 0 fully saturated rings. The number of carbonyl (C=O) groups is 1. The Morgan fingerprint density at radius 1 is 1.27 bits per heavy atom. The van der Waals surface area contributed by atoms with Gasteiger partial charge in [0.15, 0.2) is 0 Å². The highest BCUT2D eigenvalue weighted by atomic mass is 16.5. The molecule has 3 rings (SSSR count). The van der Waals surface area contributed by atoms with Gasteiger partial charge in [0.25, 0.3) is 0 Å². The molecule has 4 nitrogen and oxygen atoms in total. The van der Waals surface area contributed by atoms with E-state index in [-0.39, 0.29) is 12.5 Å². The summed E-state index contributed by atoms with van der Waals surface area (Å²) in [5.41, 5.74) is 3.55. The smallest absolute Gasteiger partial charge is 0.228 e. The number of hydrogen-bond donors (Lipinski definition) is 2. The monoisotopic (exact) mass is 297 g/mol. The molecule has 0 aromatic heterocycles. The van der Waals surface area contributed by atoms with Crippen molar-refractivity contribution in [3.8, 4) is 5.75 Å². The van der Waals surface area contributed by atoms with Crippen LogP contribution in [0.2, 0.25) is 0 Å². The Morgan fingerprint density at radius 2 is 2.05 bits per heavy atom. The van der Waals surface area contributed by atoms with Crippen LogP contribution in [0.15, 0.2) is 42.5 Å². The molecule has 1 atom stereocenters. The van der Waals surface area contributed by atoms with E-state index < -0.39 is 6.10 Å². The fourth-order valence-corrected chi connectivity index (χ4v) is 2.69. The summed E-state index contributed by atoms with van der Waals surface area (Å²) in [4.78, 5) is 11.6. The molecule has 4 heteroatoms. The van der Waals surface area contributed by atoms with Crippen molar-refractivity contribution in [3.63, 3.8) is 0 Å². The van der Waals surface area contributed by atoms with E-state index in [0.29, 0.717) is 12.2 Å². The Bertz CT molecular complexity index is 682. The molecule has 1 amide bonds. The van der Waals surface area contributed by atoms with Crippen LogP contribution in [0.1, 0.15) is 29.7 Å². The number of aliphatic hydroxyl groups is 1. The number of para-hydroxylation sites is 1. The van der Waals surface area contributed by atoms with Crippen LogP contribution in [-0.4, -0.2) is 17.6 Å².